The molecule has 0 atom stereocenters. The Morgan fingerprint density at radius 1 is 1.42 bits per heavy atom. The van der Waals surface area contributed by atoms with Crippen LogP contribution in [0.15, 0.2) is 6.20 Å². The fourth-order valence-electron chi connectivity index (χ4n) is 1.04. The van der Waals surface area contributed by atoms with Crippen LogP contribution in [0, 0.1) is 25.4 Å². The van der Waals surface area contributed by atoms with E-state index in [-0.39, 0.29) is 5.01 Å². The van der Waals surface area contributed by atoms with Crippen molar-refractivity contribution < 1.29 is 19.4 Å². The van der Waals surface area contributed by atoms with Crippen molar-refractivity contribution in [2.45, 2.75) is 0 Å². The summed E-state index contributed by atoms with van der Waals surface area (Å²) in [7, 11) is 0. The number of hydrogen-bond donors (Lipinski definition) is 3. The van der Waals surface area contributed by atoms with E-state index in [9.17, 15) is 30.2 Å². The maximum Gasteiger partial charge on any atom is 0.563 e. The zero-order valence-corrected chi connectivity index (χ0v) is 8.92. The Bertz CT molecular complexity index is 559. The molecule has 14 nitrogen and oxygen atoms in total. The summed E-state index contributed by atoms with van der Waals surface area (Å²) in [4.78, 5) is 33.0. The number of carbonyl (C=O) groups is 1. The van der Waals surface area contributed by atoms with E-state index in [0.717, 1.165) is 0 Å². The second-order valence-corrected chi connectivity index (χ2v) is 2.89. The molecule has 0 spiro atoms. The third-order valence-corrected chi connectivity index (χ3v) is 1.83. The van der Waals surface area contributed by atoms with Gasteiger partial charge in [0.25, 0.3) is 0 Å². The molecule has 0 unspecified atom stereocenters. The first-order valence-electron chi connectivity index (χ1n) is 4.28. The van der Waals surface area contributed by atoms with Gasteiger partial charge in [0.15, 0.2) is 6.20 Å². The minimum Gasteiger partial charge on any atom is -0.609 e. The van der Waals surface area contributed by atoms with Crippen molar-refractivity contribution in [2.75, 3.05) is 5.01 Å². The number of anilines is 1. The molecule has 0 aliphatic rings. The summed E-state index contributed by atoms with van der Waals surface area (Å²) in [6.45, 7) is 0. The second kappa shape index (κ2) is 5.02. The molecule has 0 saturated heterocycles. The summed E-state index contributed by atoms with van der Waals surface area (Å²) in [6, 6.07) is -1.22. The van der Waals surface area contributed by atoms with E-state index in [4.69, 9.17) is 11.7 Å². The number of nitrogens with zero attached hydrogens (tertiary/aromatic N) is 5. The van der Waals surface area contributed by atoms with E-state index in [2.05, 4.69) is 4.98 Å². The lowest BCUT2D eigenvalue weighted by Gasteiger charge is -2.12. The molecule has 14 heteroatoms. The molecule has 0 fully saturated rings. The van der Waals surface area contributed by atoms with Crippen molar-refractivity contribution in [1.82, 2.24) is 10.4 Å². The number of nitrogens with two attached hydrogens (primary N) is 2. The van der Waals surface area contributed by atoms with Crippen molar-refractivity contribution >= 4 is 23.5 Å². The van der Waals surface area contributed by atoms with Gasteiger partial charge in [-0.05, 0) is 4.73 Å². The zero-order valence-electron chi connectivity index (χ0n) is 8.92. The minimum absolute atomic E-state index is 0.0657. The Balaban J connectivity index is 3.50. The molecule has 0 aliphatic carbocycles. The molecule has 2 amide bonds. The zero-order chi connectivity index (χ0) is 14.7. The number of urea groups is 1. The van der Waals surface area contributed by atoms with E-state index in [1.54, 1.807) is 5.43 Å². The van der Waals surface area contributed by atoms with Gasteiger partial charge in [0, 0.05) is 0 Å². The first kappa shape index (κ1) is 13.9. The minimum atomic E-state index is -1.39. The maximum absolute atomic E-state index is 11.4. The Morgan fingerprint density at radius 2 is 2.00 bits per heavy atom. The molecule has 0 aromatic carbocycles. The summed E-state index contributed by atoms with van der Waals surface area (Å²) in [5, 5.41) is 32.7. The van der Waals surface area contributed by atoms with Crippen LogP contribution in [0.25, 0.3) is 0 Å². The van der Waals surface area contributed by atoms with Crippen LogP contribution in [-0.4, -0.2) is 20.9 Å². The van der Waals surface area contributed by atoms with Gasteiger partial charge in [0.2, 0.25) is 0 Å². The van der Waals surface area contributed by atoms with E-state index < -0.39 is 38.1 Å². The van der Waals surface area contributed by atoms with Crippen LogP contribution in [0.3, 0.4) is 0 Å². The van der Waals surface area contributed by atoms with Gasteiger partial charge in [-0.25, -0.2) is 21.5 Å². The topological polar surface area (TPSA) is 210 Å². The molecular formula is C5H6N8O6. The van der Waals surface area contributed by atoms with Gasteiger partial charge in [0.1, 0.15) is 9.85 Å². The first-order chi connectivity index (χ1) is 8.81. The second-order valence-electron chi connectivity index (χ2n) is 2.89. The highest BCUT2D eigenvalue weighted by Gasteiger charge is 2.39. The van der Waals surface area contributed by atoms with E-state index in [0.29, 0.717) is 6.20 Å². The Labute approximate surface area is 103 Å². The third-order valence-electron chi connectivity index (χ3n) is 1.83. The number of aromatic nitrogens is 2. The van der Waals surface area contributed by atoms with E-state index in [1.807, 2.05) is 0 Å². The van der Waals surface area contributed by atoms with Crippen molar-refractivity contribution in [1.29, 1.82) is 0 Å². The van der Waals surface area contributed by atoms with Crippen LogP contribution in [0.4, 0.5) is 22.2 Å². The fraction of sp³-hybridized carbons (Fsp3) is 0. The smallest absolute Gasteiger partial charge is 0.563 e. The van der Waals surface area contributed by atoms with Gasteiger partial charge in [-0.2, -0.15) is 5.01 Å². The SMILES string of the molecule is NNC(=O)N(N)c1ncc([N+](=O)[O-])[n+]([O-])c1[N+](=O)[O-]. The van der Waals surface area contributed by atoms with Crippen LogP contribution >= 0.6 is 0 Å². The summed E-state index contributed by atoms with van der Waals surface area (Å²) in [5.41, 5.74) is 1.54. The first-order valence-corrected chi connectivity index (χ1v) is 4.28. The molecule has 1 aromatic rings. The number of rotatable bonds is 3. The molecule has 0 radical (unpaired) electrons. The summed E-state index contributed by atoms with van der Waals surface area (Å²) < 4.78 is -0.619. The largest absolute Gasteiger partial charge is 0.609 e. The lowest BCUT2D eigenvalue weighted by atomic mass is 10.5. The standard InChI is InChI=1S/C5H6N8O6/c6-9-5(14)10(7)3-4(13(18)19)11(15)2(1-8-3)12(16)17/h1H,6-7H2,(H,9,14). The lowest BCUT2D eigenvalue weighted by molar-refractivity contribution is -0.702. The van der Waals surface area contributed by atoms with Gasteiger partial charge in [-0.15, -0.1) is 0 Å². The molecule has 0 aliphatic heterocycles. The van der Waals surface area contributed by atoms with Crippen LogP contribution in [0.1, 0.15) is 0 Å². The van der Waals surface area contributed by atoms with Crippen LogP contribution in [-0.2, 0) is 0 Å². The van der Waals surface area contributed by atoms with Crippen molar-refractivity contribution in [3.8, 4) is 0 Å². The van der Waals surface area contributed by atoms with Gasteiger partial charge >= 0.3 is 23.5 Å². The summed E-state index contributed by atoms with van der Waals surface area (Å²) in [5.74, 6) is 6.38. The lowest BCUT2D eigenvalue weighted by Crippen LogP contribution is -2.49. The molecule has 1 heterocycles. The fourth-order valence-corrected chi connectivity index (χ4v) is 1.04. The number of hydrogen-bond acceptors (Lipinski definition) is 9. The monoisotopic (exact) mass is 274 g/mol. The Kier molecular flexibility index (Phi) is 3.68. The summed E-state index contributed by atoms with van der Waals surface area (Å²) in [6.07, 6.45) is 0.416. The molecule has 5 N–H and O–H groups in total. The normalized spacial score (nSPS) is 9.79. The number of carbonyl (C=O) groups excluding carboxylic acids is 1. The molecule has 1 rings (SSSR count). The van der Waals surface area contributed by atoms with E-state index in [1.165, 1.54) is 0 Å². The average molecular weight is 274 g/mol. The van der Waals surface area contributed by atoms with Crippen molar-refractivity contribution in [2.24, 2.45) is 11.7 Å². The van der Waals surface area contributed by atoms with Gasteiger partial charge in [0.05, 0.1) is 0 Å². The number of amides is 2. The van der Waals surface area contributed by atoms with Gasteiger partial charge < -0.3 is 5.21 Å². The Hall–Kier alpha value is -3.13. The maximum atomic E-state index is 11.4. The molecular weight excluding hydrogens is 268 g/mol. The highest BCUT2D eigenvalue weighted by Crippen LogP contribution is 2.21. The molecule has 19 heavy (non-hydrogen) atoms. The van der Waals surface area contributed by atoms with Crippen LogP contribution in [0.5, 0.6) is 0 Å². The molecule has 0 saturated carbocycles. The molecule has 1 aromatic heterocycles. The highest BCUT2D eigenvalue weighted by molar-refractivity contribution is 5.90. The highest BCUT2D eigenvalue weighted by atomic mass is 16.7. The predicted molar refractivity (Wildman–Crippen MR) is 55.9 cm³/mol. The van der Waals surface area contributed by atoms with Crippen LogP contribution in [0.2, 0.25) is 0 Å². The van der Waals surface area contributed by atoms with Crippen molar-refractivity contribution in [3.05, 3.63) is 31.6 Å². The predicted octanol–water partition coefficient (Wildman–Crippen LogP) is -2.21. The van der Waals surface area contributed by atoms with Gasteiger partial charge in [-0.3, -0.25) is 25.7 Å². The van der Waals surface area contributed by atoms with Crippen LogP contribution < -0.4 is 26.9 Å². The number of nitro groups is 2. The number of nitrogens with one attached hydrogen (secondary N) is 1. The van der Waals surface area contributed by atoms with Crippen molar-refractivity contribution in [3.63, 3.8) is 0 Å². The molecule has 0 bridgehead atoms. The Morgan fingerprint density at radius 3 is 2.42 bits per heavy atom. The quantitative estimate of drug-likeness (QED) is 0.136. The number of hydrazine groups is 2. The van der Waals surface area contributed by atoms with Gasteiger partial charge in [-0.1, -0.05) is 0 Å². The molecule has 102 valence electrons. The van der Waals surface area contributed by atoms with E-state index >= 15 is 0 Å². The average Bonchev–Trinajstić information content (AvgIpc) is 2.35. The third kappa shape index (κ3) is 2.42. The summed E-state index contributed by atoms with van der Waals surface area (Å²) >= 11 is 0.